The lowest BCUT2D eigenvalue weighted by atomic mass is 9.80. The largest absolute Gasteiger partial charge is 0.389 e. The fraction of sp³-hybridized carbons (Fsp3) is 0.588. The molecule has 4 rings (SSSR count). The lowest BCUT2D eigenvalue weighted by molar-refractivity contribution is -0.0449. The number of hydrogen-bond donors (Lipinski definition) is 0. The first-order valence-corrected chi connectivity index (χ1v) is 7.91. The molecule has 20 heavy (non-hydrogen) atoms. The maximum Gasteiger partial charge on any atom is 0.143 e. The first-order valence-electron chi connectivity index (χ1n) is 7.91. The summed E-state index contributed by atoms with van der Waals surface area (Å²) in [5.74, 6) is 0.704. The highest BCUT2D eigenvalue weighted by Crippen LogP contribution is 2.41. The minimum atomic E-state index is -0.00247. The second-order valence-electron chi connectivity index (χ2n) is 6.67. The normalized spacial score (nSPS) is 24.5. The minimum Gasteiger partial charge on any atom is -0.389 e. The van der Waals surface area contributed by atoms with E-state index in [4.69, 9.17) is 12.7 Å². The topological polar surface area (TPSA) is 21.6 Å². The molecule has 0 aromatic heterocycles. The molecule has 2 aliphatic carbocycles. The maximum absolute atomic E-state index is 6.20. The molecule has 2 saturated carbocycles. The first-order chi connectivity index (χ1) is 9.76. The summed E-state index contributed by atoms with van der Waals surface area (Å²) in [6.07, 6.45) is 9.70. The summed E-state index contributed by atoms with van der Waals surface area (Å²) in [6.45, 7) is 0. The molecular weight excluding hydrogens is 245 g/mol. The van der Waals surface area contributed by atoms with Gasteiger partial charge in [-0.3, -0.25) is 0 Å². The number of benzene rings is 1. The van der Waals surface area contributed by atoms with Crippen molar-refractivity contribution in [2.24, 2.45) is 5.16 Å². The van der Waals surface area contributed by atoms with Crippen molar-refractivity contribution in [3.8, 4) is 0 Å². The highest BCUT2D eigenvalue weighted by Gasteiger charge is 2.40. The van der Waals surface area contributed by atoms with Gasteiger partial charge < -0.3 is 4.84 Å². The minimum absolute atomic E-state index is 0.00247. The third-order valence-electron chi connectivity index (χ3n) is 5.04. The van der Waals surface area contributed by atoms with E-state index in [9.17, 15) is 0 Å². The molecule has 1 aliphatic heterocycles. The second-order valence-corrected chi connectivity index (χ2v) is 6.67. The molecule has 0 amide bonds. The fourth-order valence-corrected chi connectivity index (χ4v) is 3.66. The summed E-state index contributed by atoms with van der Waals surface area (Å²) in [5.41, 5.74) is 4.48. The lowest BCUT2D eigenvalue weighted by Crippen LogP contribution is -2.31. The van der Waals surface area contributed by atoms with Crippen LogP contribution in [0.1, 0.15) is 68.4 Å². The summed E-state index contributed by atoms with van der Waals surface area (Å²) < 4.78 is 0. The van der Waals surface area contributed by atoms with E-state index >= 15 is 0 Å². The predicted molar refractivity (Wildman–Crippen MR) is 81.9 cm³/mol. The van der Waals surface area contributed by atoms with Crippen molar-refractivity contribution in [2.75, 3.05) is 0 Å². The van der Waals surface area contributed by atoms with Gasteiger partial charge in [0.05, 0.1) is 5.71 Å². The standard InChI is InChI=1S/C17H20BNO/c18-15-10-13(6-7-14(15)12-4-5-12)16-11-17(20-19-16)8-2-1-3-9-17/h6-7,10,12H,1-5,8-9,11H2. The van der Waals surface area contributed by atoms with Gasteiger partial charge >= 0.3 is 0 Å². The number of nitrogens with zero attached hydrogens (tertiary/aromatic N) is 1. The zero-order valence-electron chi connectivity index (χ0n) is 11.9. The summed E-state index contributed by atoms with van der Waals surface area (Å²) in [7, 11) is 6.20. The van der Waals surface area contributed by atoms with Gasteiger partial charge in [0.25, 0.3) is 0 Å². The van der Waals surface area contributed by atoms with Crippen LogP contribution in [-0.2, 0) is 4.84 Å². The predicted octanol–water partition coefficient (Wildman–Crippen LogP) is 3.19. The Bertz CT molecular complexity index is 556. The second kappa shape index (κ2) is 4.65. The van der Waals surface area contributed by atoms with Crippen LogP contribution in [0.15, 0.2) is 23.4 Å². The van der Waals surface area contributed by atoms with Gasteiger partial charge in [-0.05, 0) is 50.0 Å². The van der Waals surface area contributed by atoms with Crippen LogP contribution in [-0.4, -0.2) is 19.2 Å². The van der Waals surface area contributed by atoms with Crippen LogP contribution < -0.4 is 5.46 Å². The Morgan fingerprint density at radius 1 is 1.15 bits per heavy atom. The summed E-state index contributed by atoms with van der Waals surface area (Å²) in [6, 6.07) is 6.46. The van der Waals surface area contributed by atoms with Crippen molar-refractivity contribution in [2.45, 2.75) is 62.9 Å². The Morgan fingerprint density at radius 3 is 2.65 bits per heavy atom. The van der Waals surface area contributed by atoms with E-state index < -0.39 is 0 Å². The van der Waals surface area contributed by atoms with Crippen LogP contribution >= 0.6 is 0 Å². The molecule has 0 saturated heterocycles. The number of rotatable bonds is 2. The smallest absolute Gasteiger partial charge is 0.143 e. The summed E-state index contributed by atoms with van der Waals surface area (Å²) in [4.78, 5) is 5.83. The van der Waals surface area contributed by atoms with Gasteiger partial charge in [-0.25, -0.2) is 0 Å². The Morgan fingerprint density at radius 2 is 1.95 bits per heavy atom. The van der Waals surface area contributed by atoms with Crippen molar-refractivity contribution in [1.29, 1.82) is 0 Å². The third kappa shape index (κ3) is 2.17. The zero-order valence-corrected chi connectivity index (χ0v) is 11.9. The molecule has 2 radical (unpaired) electrons. The maximum atomic E-state index is 6.20. The van der Waals surface area contributed by atoms with E-state index in [0.29, 0.717) is 5.92 Å². The van der Waals surface area contributed by atoms with Gasteiger partial charge in [0, 0.05) is 6.42 Å². The number of hydrogen-bond acceptors (Lipinski definition) is 2. The van der Waals surface area contributed by atoms with Crippen LogP contribution in [0.5, 0.6) is 0 Å². The van der Waals surface area contributed by atoms with Crippen molar-refractivity contribution < 1.29 is 4.84 Å². The third-order valence-corrected chi connectivity index (χ3v) is 5.04. The molecule has 1 spiro atoms. The van der Waals surface area contributed by atoms with Crippen LogP contribution in [0.3, 0.4) is 0 Å². The van der Waals surface area contributed by atoms with Crippen molar-refractivity contribution >= 4 is 19.0 Å². The van der Waals surface area contributed by atoms with E-state index in [1.807, 2.05) is 0 Å². The molecule has 0 atom stereocenters. The highest BCUT2D eigenvalue weighted by atomic mass is 16.7. The van der Waals surface area contributed by atoms with E-state index in [-0.39, 0.29) is 5.60 Å². The van der Waals surface area contributed by atoms with E-state index in [1.165, 1.54) is 37.7 Å². The summed E-state index contributed by atoms with van der Waals surface area (Å²) >= 11 is 0. The molecule has 1 aromatic carbocycles. The van der Waals surface area contributed by atoms with Crippen molar-refractivity contribution in [3.63, 3.8) is 0 Å². The van der Waals surface area contributed by atoms with Gasteiger partial charge in [0.1, 0.15) is 13.4 Å². The van der Waals surface area contributed by atoms with Crippen LogP contribution in [0, 0.1) is 0 Å². The SMILES string of the molecule is [B]c1cc(C2=NOC3(CCCCC3)C2)ccc1C1CC1. The van der Waals surface area contributed by atoms with E-state index in [0.717, 1.165) is 36.0 Å². The average Bonchev–Trinajstić information content (AvgIpc) is 3.23. The number of oxime groups is 1. The molecular formula is C17H20BNO. The van der Waals surface area contributed by atoms with Gasteiger partial charge in [0.2, 0.25) is 0 Å². The molecule has 3 aliphatic rings. The fourth-order valence-electron chi connectivity index (χ4n) is 3.66. The molecule has 0 bridgehead atoms. The quantitative estimate of drug-likeness (QED) is 0.752. The molecule has 102 valence electrons. The van der Waals surface area contributed by atoms with Crippen LogP contribution in [0.4, 0.5) is 0 Å². The molecule has 2 fully saturated rings. The van der Waals surface area contributed by atoms with Crippen molar-refractivity contribution in [1.82, 2.24) is 0 Å². The lowest BCUT2D eigenvalue weighted by Gasteiger charge is -2.30. The van der Waals surface area contributed by atoms with Gasteiger partial charge in [-0.1, -0.05) is 40.8 Å². The Labute approximate surface area is 122 Å². The molecule has 1 aromatic rings. The summed E-state index contributed by atoms with van der Waals surface area (Å²) in [5, 5.41) is 4.38. The van der Waals surface area contributed by atoms with Crippen LogP contribution in [0.25, 0.3) is 0 Å². The molecule has 1 heterocycles. The van der Waals surface area contributed by atoms with Crippen molar-refractivity contribution in [3.05, 3.63) is 29.3 Å². The average molecular weight is 265 g/mol. The highest BCUT2D eigenvalue weighted by molar-refractivity contribution is 6.34. The monoisotopic (exact) mass is 265 g/mol. The van der Waals surface area contributed by atoms with E-state index in [2.05, 4.69) is 23.4 Å². The van der Waals surface area contributed by atoms with Crippen LogP contribution in [0.2, 0.25) is 0 Å². The molecule has 0 N–H and O–H groups in total. The molecule has 2 nitrogen and oxygen atoms in total. The molecule has 3 heteroatoms. The Balaban J connectivity index is 1.54. The Hall–Kier alpha value is -1.25. The van der Waals surface area contributed by atoms with E-state index in [1.54, 1.807) is 0 Å². The Kier molecular flexibility index (Phi) is 2.90. The van der Waals surface area contributed by atoms with Gasteiger partial charge in [-0.2, -0.15) is 0 Å². The zero-order chi connectivity index (χ0) is 13.6. The van der Waals surface area contributed by atoms with Gasteiger partial charge in [-0.15, -0.1) is 0 Å². The molecule has 0 unspecified atom stereocenters. The first kappa shape index (κ1) is 12.5. The van der Waals surface area contributed by atoms with Gasteiger partial charge in [0.15, 0.2) is 0 Å².